The van der Waals surface area contributed by atoms with Crippen LogP contribution in [-0.2, 0) is 93.2 Å². The maximum Gasteiger partial charge on any atom is 0.323 e. The Labute approximate surface area is 552 Å². The van der Waals surface area contributed by atoms with E-state index < -0.39 is 36.2 Å². The van der Waals surface area contributed by atoms with Gasteiger partial charge in [0.1, 0.15) is 25.4 Å². The molecule has 0 radical (unpaired) electrons. The molecule has 2 fully saturated rings. The first kappa shape index (κ1) is 70.8. The molecule has 8 aromatic rings. The number of rotatable bonds is 14. The number of benzene rings is 4. The Morgan fingerprint density at radius 2 is 1.02 bits per heavy atom. The van der Waals surface area contributed by atoms with Crippen molar-refractivity contribution >= 4 is 105 Å². The summed E-state index contributed by atoms with van der Waals surface area (Å²) in [7, 11) is 0. The lowest BCUT2D eigenvalue weighted by Gasteiger charge is -2.29. The summed E-state index contributed by atoms with van der Waals surface area (Å²) in [6, 6.07) is 35.0. The predicted octanol–water partition coefficient (Wildman–Crippen LogP) is 11.4. The van der Waals surface area contributed by atoms with Crippen LogP contribution in [0.25, 0.3) is 44.1 Å². The average Bonchev–Trinajstić information content (AvgIpc) is 1.68. The second kappa shape index (κ2) is 33.1. The van der Waals surface area contributed by atoms with Gasteiger partial charge in [0.05, 0.1) is 36.1 Å². The Morgan fingerprint density at radius 1 is 0.571 bits per heavy atom. The van der Waals surface area contributed by atoms with Crippen LogP contribution in [-0.4, -0.2) is 102 Å². The molecule has 6 N–H and O–H groups in total. The van der Waals surface area contributed by atoms with Crippen molar-refractivity contribution in [3.05, 3.63) is 178 Å². The Hall–Kier alpha value is -7.62. The molecule has 2 aliphatic carbocycles. The molecular formula is C70H79ClF2N8O7S3. The number of Topliss-reactive ketones (excluding diaryl/α,β-unsaturated/α-hetero) is 2. The van der Waals surface area contributed by atoms with Crippen LogP contribution in [0.3, 0.4) is 0 Å². The molecule has 2 unspecified atom stereocenters. The van der Waals surface area contributed by atoms with Crippen molar-refractivity contribution in [2.24, 2.45) is 11.5 Å². The molecule has 4 aromatic carbocycles. The number of carbonyl (C=O) groups excluding carboxylic acids is 5. The maximum atomic E-state index is 14.5. The van der Waals surface area contributed by atoms with Gasteiger partial charge in [-0.25, -0.2) is 8.78 Å². The largest absolute Gasteiger partial charge is 0.480 e. The summed E-state index contributed by atoms with van der Waals surface area (Å²) < 4.78 is 30.9. The number of pyridine rings is 2. The molecule has 0 saturated carbocycles. The SMILES string of the molecule is Cc1cccc(CC(=O)[C@@H]2CCC(F)CCN2)n1.Cc1cccc(CC(=O)[C@@H]2CCC(F)CCN2C(=O)Cn2cc(C(N)=O)c3cc(-c4ccc5c(c4)CCCC5)ccc32)n1.Cl.NC(=O)c1cn(CC(=O)O)c2ccc(-c3ccc4c(c3)CCCC4)cc12.S.S=S. The van der Waals surface area contributed by atoms with Crippen LogP contribution in [0.2, 0.25) is 0 Å². The molecule has 6 heterocycles. The minimum atomic E-state index is -1.07. The Balaban J connectivity index is 0.000000208. The predicted molar refractivity (Wildman–Crippen MR) is 365 cm³/mol. The highest BCUT2D eigenvalue weighted by atomic mass is 35.5. The molecule has 2 saturated heterocycles. The molecule has 4 aromatic heterocycles. The molecule has 3 amide bonds. The zero-order valence-electron chi connectivity index (χ0n) is 51.3. The second-order valence-corrected chi connectivity index (χ2v) is 23.7. The summed E-state index contributed by atoms with van der Waals surface area (Å²) in [6.07, 6.45) is 13.3. The highest BCUT2D eigenvalue weighted by Crippen LogP contribution is 2.34. The van der Waals surface area contributed by atoms with Crippen molar-refractivity contribution in [3.8, 4) is 22.3 Å². The third-order valence-electron chi connectivity index (χ3n) is 17.4. The smallest absolute Gasteiger partial charge is 0.323 e. The van der Waals surface area contributed by atoms with Gasteiger partial charge in [0.25, 0.3) is 11.8 Å². The normalized spacial score (nSPS) is 17.6. The van der Waals surface area contributed by atoms with Gasteiger partial charge >= 0.3 is 5.97 Å². The molecule has 480 valence electrons. The molecule has 15 nitrogen and oxygen atoms in total. The number of carboxylic acids is 1. The number of carboxylic acid groups (broad SMARTS) is 1. The van der Waals surface area contributed by atoms with Crippen molar-refractivity contribution in [1.29, 1.82) is 0 Å². The van der Waals surface area contributed by atoms with E-state index >= 15 is 0 Å². The van der Waals surface area contributed by atoms with Crippen LogP contribution in [0.4, 0.5) is 8.78 Å². The van der Waals surface area contributed by atoms with Crippen molar-refractivity contribution in [1.82, 2.24) is 29.3 Å². The summed E-state index contributed by atoms with van der Waals surface area (Å²) in [5, 5.41) is 13.6. The van der Waals surface area contributed by atoms with Gasteiger partial charge in [0.15, 0.2) is 11.6 Å². The van der Waals surface area contributed by atoms with E-state index in [4.69, 9.17) is 16.6 Å². The van der Waals surface area contributed by atoms with Gasteiger partial charge in [-0.3, -0.25) is 38.7 Å². The van der Waals surface area contributed by atoms with Crippen LogP contribution in [0.1, 0.15) is 130 Å². The van der Waals surface area contributed by atoms with Crippen LogP contribution in [0, 0.1) is 13.8 Å². The quantitative estimate of drug-likeness (QED) is 0.0798. The number of aliphatic carboxylic acids is 1. The summed E-state index contributed by atoms with van der Waals surface area (Å²) in [5.41, 5.74) is 26.3. The number of fused-ring (bicyclic) bond motifs is 4. The Bertz CT molecular complexity index is 3940. The number of nitrogens with one attached hydrogen (secondary N) is 1. The van der Waals surface area contributed by atoms with E-state index in [2.05, 4.69) is 74.1 Å². The van der Waals surface area contributed by atoms with E-state index in [-0.39, 0.29) is 94.7 Å². The molecule has 4 aliphatic rings. The maximum absolute atomic E-state index is 14.5. The lowest BCUT2D eigenvalue weighted by molar-refractivity contribution is -0.139. The van der Waals surface area contributed by atoms with Crippen molar-refractivity contribution in [2.75, 3.05) is 13.1 Å². The standard InChI is InChI=1S/C35H37FN4O3.C21H20N2O3.C14H19FN2O.ClH.S2.H2S/c1-22-5-4-8-28(38-22)19-33(41)32-14-12-27(36)15-16-40(32)34(42)21-39-20-30(35(37)43)29-18-26(11-13-31(29)39)25-10-9-23-6-2-3-7-24(23)17-25;22-21(26)18-11-23(12-20(24)25)19-8-7-16(10-17(18)19)15-6-5-13-3-1-2-4-14(13)9-15;1-10-3-2-4-12(17-10)9-14(18)13-6-5-11(15)7-8-16-13;;1-2;/h4-5,8-11,13,17-18,20,27,32H,2-3,6-7,12,14-16,19,21H2,1H3,(H2,37,43);5-11H,1-4,12H2,(H2,22,26)(H,24,25);2-4,11,13,16H,5-9H2,1H3;1H;;1H2/t27?,32-;;11?,13-;;;/m0.0.../s1. The van der Waals surface area contributed by atoms with Gasteiger partial charge in [-0.15, -0.1) is 12.4 Å². The average molecular weight is 1310 g/mol. The van der Waals surface area contributed by atoms with Crippen molar-refractivity contribution in [3.63, 3.8) is 0 Å². The molecule has 21 heteroatoms. The van der Waals surface area contributed by atoms with Gasteiger partial charge in [-0.1, -0.05) is 60.7 Å². The van der Waals surface area contributed by atoms with Crippen LogP contribution < -0.4 is 16.8 Å². The Kier molecular flexibility index (Phi) is 25.8. The van der Waals surface area contributed by atoms with Crippen LogP contribution in [0.5, 0.6) is 0 Å². The number of hydrogen-bond acceptors (Lipinski definition) is 11. The van der Waals surface area contributed by atoms with E-state index in [9.17, 15) is 37.5 Å². The molecule has 2 aliphatic heterocycles. The first-order chi connectivity index (χ1) is 42.9. The minimum absolute atomic E-state index is 0. The first-order valence-electron chi connectivity index (χ1n) is 30.6. The third-order valence-corrected chi connectivity index (χ3v) is 17.4. The fourth-order valence-corrected chi connectivity index (χ4v) is 12.8. The highest BCUT2D eigenvalue weighted by molar-refractivity contribution is 8.07. The molecule has 91 heavy (non-hydrogen) atoms. The van der Waals surface area contributed by atoms with Crippen molar-refractivity contribution in [2.45, 2.75) is 154 Å². The number of halogens is 3. The number of likely N-dealkylation sites (tertiary alicyclic amines) is 1. The van der Waals surface area contributed by atoms with Gasteiger partial charge < -0.3 is 35.9 Å². The number of nitrogens with zero attached hydrogens (tertiary/aromatic N) is 5. The first-order valence-corrected chi connectivity index (χ1v) is 32.0. The number of carbonyl (C=O) groups is 6. The van der Waals surface area contributed by atoms with E-state index in [1.807, 2.05) is 80.6 Å². The van der Waals surface area contributed by atoms with E-state index in [0.29, 0.717) is 70.9 Å². The zero-order valence-corrected chi connectivity index (χ0v) is 54.7. The molecule has 0 bridgehead atoms. The summed E-state index contributed by atoms with van der Waals surface area (Å²) in [5.74, 6) is -2.42. The number of primary amides is 2. The zero-order chi connectivity index (χ0) is 63.3. The Morgan fingerprint density at radius 3 is 1.52 bits per heavy atom. The lowest BCUT2D eigenvalue weighted by Crippen LogP contribution is -2.46. The molecular weight excluding hydrogens is 1230 g/mol. The van der Waals surface area contributed by atoms with Crippen LogP contribution in [0.15, 0.2) is 122 Å². The fraction of sp³-hybridized carbons (Fsp3) is 0.371. The van der Waals surface area contributed by atoms with Gasteiger partial charge in [0, 0.05) is 85.9 Å². The summed E-state index contributed by atoms with van der Waals surface area (Å²) >= 11 is 7.33. The number of aromatic nitrogens is 4. The van der Waals surface area contributed by atoms with Crippen molar-refractivity contribution < 1.29 is 42.7 Å². The number of alkyl halides is 2. The number of ketones is 2. The third kappa shape index (κ3) is 18.1. The van der Waals surface area contributed by atoms with Crippen LogP contribution >= 0.6 is 25.9 Å². The van der Waals surface area contributed by atoms with E-state index in [1.54, 1.807) is 21.4 Å². The molecule has 12 rings (SSSR count). The van der Waals surface area contributed by atoms with Gasteiger partial charge in [0.2, 0.25) is 5.91 Å². The fourth-order valence-electron chi connectivity index (χ4n) is 12.8. The van der Waals surface area contributed by atoms with Gasteiger partial charge in [-0.2, -0.15) is 13.5 Å². The highest BCUT2D eigenvalue weighted by Gasteiger charge is 2.34. The topological polar surface area (TPSA) is 226 Å². The number of amides is 3. The van der Waals surface area contributed by atoms with E-state index in [0.717, 1.165) is 65.0 Å². The second-order valence-electron chi connectivity index (χ2n) is 23.7. The number of aryl methyl sites for hydroxylation is 6. The van der Waals surface area contributed by atoms with E-state index in [1.165, 1.54) is 59.0 Å². The summed E-state index contributed by atoms with van der Waals surface area (Å²) in [4.78, 5) is 85.0. The summed E-state index contributed by atoms with van der Waals surface area (Å²) in [6.45, 7) is 4.21. The lowest BCUT2D eigenvalue weighted by atomic mass is 9.89. The number of hydrogen-bond donors (Lipinski definition) is 4. The van der Waals surface area contributed by atoms with Gasteiger partial charge in [-0.05, 0) is 203 Å². The number of nitrogens with two attached hydrogens (primary N) is 2. The molecule has 0 spiro atoms. The minimum Gasteiger partial charge on any atom is -0.480 e. The monoisotopic (exact) mass is 1310 g/mol. The molecule has 4 atom stereocenters.